The molecule has 3 heterocycles. The lowest BCUT2D eigenvalue weighted by Gasteiger charge is -2.32. The van der Waals surface area contributed by atoms with E-state index in [0.717, 1.165) is 0 Å². The summed E-state index contributed by atoms with van der Waals surface area (Å²) < 4.78 is 44.0. The summed E-state index contributed by atoms with van der Waals surface area (Å²) in [7, 11) is -2.44. The number of aromatic nitrogens is 1. The van der Waals surface area contributed by atoms with Crippen LogP contribution in [-0.4, -0.2) is 69.7 Å². The number of fused-ring (bicyclic) bond motifs is 1. The molecule has 10 heteroatoms. The number of benzene rings is 1. The lowest BCUT2D eigenvalue weighted by Crippen LogP contribution is -2.43. The number of anilines is 1. The van der Waals surface area contributed by atoms with Gasteiger partial charge in [-0.25, -0.2) is 13.4 Å². The fourth-order valence-corrected chi connectivity index (χ4v) is 5.14. The molecule has 1 aromatic heterocycles. The molecule has 1 aromatic carbocycles. The number of nitrogens with zero attached hydrogens (tertiary/aromatic N) is 3. The van der Waals surface area contributed by atoms with Gasteiger partial charge in [0.1, 0.15) is 22.4 Å². The molecule has 0 radical (unpaired) electrons. The van der Waals surface area contributed by atoms with E-state index >= 15 is 0 Å². The number of morpholine rings is 1. The summed E-state index contributed by atoms with van der Waals surface area (Å²) in [5.74, 6) is 0.232. The molecular formula is C20H23N3O6S. The highest BCUT2D eigenvalue weighted by molar-refractivity contribution is 7.89. The van der Waals surface area contributed by atoms with Gasteiger partial charge in [-0.15, -0.1) is 0 Å². The molecule has 4 rings (SSSR count). The fourth-order valence-electron chi connectivity index (χ4n) is 3.55. The number of pyridine rings is 1. The zero-order valence-electron chi connectivity index (χ0n) is 16.8. The molecule has 9 nitrogen and oxygen atoms in total. The minimum Gasteiger partial charge on any atom is -0.495 e. The quantitative estimate of drug-likeness (QED) is 0.721. The van der Waals surface area contributed by atoms with E-state index in [1.54, 1.807) is 29.3 Å². The Morgan fingerprint density at radius 1 is 1.23 bits per heavy atom. The number of hydrogen-bond donors (Lipinski definition) is 0. The van der Waals surface area contributed by atoms with Crippen LogP contribution < -0.4 is 14.4 Å². The van der Waals surface area contributed by atoms with Crippen LogP contribution in [0.4, 0.5) is 5.69 Å². The molecule has 1 amide bonds. The van der Waals surface area contributed by atoms with Gasteiger partial charge in [0.2, 0.25) is 15.9 Å². The second kappa shape index (κ2) is 8.21. The fraction of sp³-hybridized carbons (Fsp3) is 0.400. The van der Waals surface area contributed by atoms with Crippen LogP contribution in [0.1, 0.15) is 17.3 Å². The molecule has 0 aliphatic carbocycles. The standard InChI is InChI=1S/C20H23N3O6S/c1-14-13-23(16-4-3-7-21-19(16)29-14)20(24)15-5-6-17(27-2)18(12-15)30(25,26)22-8-10-28-11-9-22/h3-7,12,14H,8-11,13H2,1-2H3. The van der Waals surface area contributed by atoms with Crippen molar-refractivity contribution < 1.29 is 27.4 Å². The Labute approximate surface area is 175 Å². The van der Waals surface area contributed by atoms with E-state index in [9.17, 15) is 13.2 Å². The van der Waals surface area contributed by atoms with Crippen LogP contribution in [-0.2, 0) is 14.8 Å². The van der Waals surface area contributed by atoms with Gasteiger partial charge >= 0.3 is 0 Å². The first kappa shape index (κ1) is 20.6. The normalized spacial score (nSPS) is 19.7. The first-order valence-electron chi connectivity index (χ1n) is 9.61. The molecule has 2 aliphatic heterocycles. The van der Waals surface area contributed by atoms with Crippen LogP contribution in [0.2, 0.25) is 0 Å². The van der Waals surface area contributed by atoms with Crippen molar-refractivity contribution in [1.82, 2.24) is 9.29 Å². The molecule has 2 aliphatic rings. The van der Waals surface area contributed by atoms with Crippen molar-refractivity contribution in [3.05, 3.63) is 42.1 Å². The molecule has 0 N–H and O–H groups in total. The number of sulfonamides is 1. The molecule has 0 spiro atoms. The zero-order valence-corrected chi connectivity index (χ0v) is 17.6. The number of ether oxygens (including phenoxy) is 3. The lowest BCUT2D eigenvalue weighted by molar-refractivity contribution is 0.0729. The van der Waals surface area contributed by atoms with Crippen molar-refractivity contribution in [2.24, 2.45) is 0 Å². The van der Waals surface area contributed by atoms with E-state index in [4.69, 9.17) is 14.2 Å². The topological polar surface area (TPSA) is 98.3 Å². The van der Waals surface area contributed by atoms with E-state index in [0.29, 0.717) is 31.3 Å². The van der Waals surface area contributed by atoms with Gasteiger partial charge in [0, 0.05) is 24.8 Å². The molecule has 1 saturated heterocycles. The maximum atomic E-state index is 13.3. The molecule has 1 fully saturated rings. The summed E-state index contributed by atoms with van der Waals surface area (Å²) in [6, 6.07) is 7.92. The molecule has 1 unspecified atom stereocenters. The van der Waals surface area contributed by atoms with Gasteiger partial charge in [-0.05, 0) is 37.3 Å². The van der Waals surface area contributed by atoms with Crippen molar-refractivity contribution >= 4 is 21.6 Å². The van der Waals surface area contributed by atoms with E-state index in [2.05, 4.69) is 4.98 Å². The van der Waals surface area contributed by atoms with Crippen LogP contribution in [0.25, 0.3) is 0 Å². The average molecular weight is 433 g/mol. The third kappa shape index (κ3) is 3.73. The van der Waals surface area contributed by atoms with Crippen molar-refractivity contribution in [3.63, 3.8) is 0 Å². The van der Waals surface area contributed by atoms with Gasteiger partial charge in [-0.3, -0.25) is 9.69 Å². The summed E-state index contributed by atoms with van der Waals surface area (Å²) in [6.45, 7) is 3.34. The summed E-state index contributed by atoms with van der Waals surface area (Å²) in [6.07, 6.45) is 1.35. The third-order valence-corrected chi connectivity index (χ3v) is 6.96. The number of rotatable bonds is 4. The highest BCUT2D eigenvalue weighted by Crippen LogP contribution is 2.33. The molecule has 160 valence electrons. The maximum absolute atomic E-state index is 13.3. The van der Waals surface area contributed by atoms with Crippen LogP contribution in [0.15, 0.2) is 41.4 Å². The minimum atomic E-state index is -3.84. The SMILES string of the molecule is COc1ccc(C(=O)N2CC(C)Oc3ncccc32)cc1S(=O)(=O)N1CCOCC1. The van der Waals surface area contributed by atoms with Crippen LogP contribution >= 0.6 is 0 Å². The van der Waals surface area contributed by atoms with Gasteiger partial charge < -0.3 is 14.2 Å². The third-order valence-electron chi connectivity index (χ3n) is 5.04. The maximum Gasteiger partial charge on any atom is 0.258 e. The van der Waals surface area contributed by atoms with Gasteiger partial charge in [-0.2, -0.15) is 4.31 Å². The smallest absolute Gasteiger partial charge is 0.258 e. The molecule has 1 atom stereocenters. The Morgan fingerprint density at radius 3 is 2.73 bits per heavy atom. The highest BCUT2D eigenvalue weighted by Gasteiger charge is 2.33. The molecular weight excluding hydrogens is 410 g/mol. The van der Waals surface area contributed by atoms with E-state index < -0.39 is 10.0 Å². The number of carbonyl (C=O) groups excluding carboxylic acids is 1. The molecule has 30 heavy (non-hydrogen) atoms. The predicted octanol–water partition coefficient (Wildman–Crippen LogP) is 1.54. The minimum absolute atomic E-state index is 0.0366. The highest BCUT2D eigenvalue weighted by atomic mass is 32.2. The van der Waals surface area contributed by atoms with Gasteiger partial charge in [-0.1, -0.05) is 0 Å². The Kier molecular flexibility index (Phi) is 5.63. The van der Waals surface area contributed by atoms with Crippen molar-refractivity contribution in [2.75, 3.05) is 44.9 Å². The van der Waals surface area contributed by atoms with Gasteiger partial charge in [0.25, 0.3) is 5.91 Å². The number of carbonyl (C=O) groups is 1. The largest absolute Gasteiger partial charge is 0.495 e. The van der Waals surface area contributed by atoms with E-state index in [1.807, 2.05) is 6.92 Å². The van der Waals surface area contributed by atoms with Gasteiger partial charge in [0.15, 0.2) is 0 Å². The average Bonchev–Trinajstić information content (AvgIpc) is 2.78. The Hall–Kier alpha value is -2.69. The summed E-state index contributed by atoms with van der Waals surface area (Å²) in [4.78, 5) is 19.0. The van der Waals surface area contributed by atoms with Crippen molar-refractivity contribution in [3.8, 4) is 11.6 Å². The lowest BCUT2D eigenvalue weighted by atomic mass is 10.1. The zero-order chi connectivity index (χ0) is 21.3. The Bertz CT molecular complexity index is 1050. The first-order valence-corrected chi connectivity index (χ1v) is 11.1. The first-order chi connectivity index (χ1) is 14.4. The second-order valence-corrected chi connectivity index (χ2v) is 8.96. The van der Waals surface area contributed by atoms with Crippen molar-refractivity contribution in [1.29, 1.82) is 0 Å². The summed E-state index contributed by atoms with van der Waals surface area (Å²) in [5, 5.41) is 0. The Morgan fingerprint density at radius 2 is 2.00 bits per heavy atom. The molecule has 2 aromatic rings. The van der Waals surface area contributed by atoms with Crippen LogP contribution in [0.5, 0.6) is 11.6 Å². The Balaban J connectivity index is 1.72. The van der Waals surface area contributed by atoms with E-state index in [1.165, 1.54) is 23.5 Å². The monoisotopic (exact) mass is 433 g/mol. The summed E-state index contributed by atoms with van der Waals surface area (Å²) >= 11 is 0. The van der Waals surface area contributed by atoms with E-state index in [-0.39, 0.29) is 41.3 Å². The summed E-state index contributed by atoms with van der Waals surface area (Å²) in [5.41, 5.74) is 0.792. The second-order valence-electron chi connectivity index (χ2n) is 7.05. The van der Waals surface area contributed by atoms with Crippen LogP contribution in [0, 0.1) is 0 Å². The molecule has 0 bridgehead atoms. The van der Waals surface area contributed by atoms with Crippen molar-refractivity contribution in [2.45, 2.75) is 17.9 Å². The number of amides is 1. The number of hydrogen-bond acceptors (Lipinski definition) is 7. The predicted molar refractivity (Wildman–Crippen MR) is 109 cm³/mol. The number of methoxy groups -OCH3 is 1. The molecule has 0 saturated carbocycles. The van der Waals surface area contributed by atoms with Gasteiger partial charge in [0.05, 0.1) is 26.9 Å². The van der Waals surface area contributed by atoms with Crippen LogP contribution in [0.3, 0.4) is 0 Å².